The topological polar surface area (TPSA) is 24.9 Å². The van der Waals surface area contributed by atoms with Crippen LogP contribution in [0.25, 0.3) is 0 Å². The normalized spacial score (nSPS) is 29.7. The van der Waals surface area contributed by atoms with Crippen molar-refractivity contribution in [2.24, 2.45) is 11.8 Å². The van der Waals surface area contributed by atoms with Crippen LogP contribution in [0.2, 0.25) is 0 Å². The number of para-hydroxylation sites is 2. The van der Waals surface area contributed by atoms with Crippen LogP contribution in [0.4, 0.5) is 11.4 Å². The molecule has 2 unspecified atom stereocenters. The van der Waals surface area contributed by atoms with Crippen LogP contribution in [0, 0.1) is 11.8 Å². The van der Waals surface area contributed by atoms with Crippen LogP contribution in [0.5, 0.6) is 0 Å². The zero-order valence-electron chi connectivity index (χ0n) is 29.1. The van der Waals surface area contributed by atoms with E-state index >= 15 is 0 Å². The van der Waals surface area contributed by atoms with Crippen molar-refractivity contribution in [2.75, 3.05) is 9.34 Å². The van der Waals surface area contributed by atoms with Crippen molar-refractivity contribution in [2.45, 2.75) is 107 Å². The van der Waals surface area contributed by atoms with Crippen LogP contribution in [0.1, 0.15) is 94.1 Å². The van der Waals surface area contributed by atoms with Crippen LogP contribution < -0.4 is 9.34 Å². The molecule has 0 N–H and O–H groups in total. The summed E-state index contributed by atoms with van der Waals surface area (Å²) in [5.74, 6) is 1.38. The van der Waals surface area contributed by atoms with Gasteiger partial charge in [-0.05, 0) is 86.8 Å². The predicted octanol–water partition coefficient (Wildman–Crippen LogP) is 12.5. The van der Waals surface area contributed by atoms with Crippen LogP contribution in [0.15, 0.2) is 121 Å². The summed E-state index contributed by atoms with van der Waals surface area (Å²) >= 11 is 0. The van der Waals surface area contributed by atoms with Crippen molar-refractivity contribution in [1.29, 1.82) is 0 Å². The van der Waals surface area contributed by atoms with E-state index in [9.17, 15) is 0 Å². The van der Waals surface area contributed by atoms with Gasteiger partial charge in [0.05, 0.1) is 24.3 Å². The Hall–Kier alpha value is -2.74. The first kappa shape index (κ1) is 33.4. The van der Waals surface area contributed by atoms with Gasteiger partial charge in [0.25, 0.3) is 0 Å². The third kappa shape index (κ3) is 6.84. The van der Waals surface area contributed by atoms with Gasteiger partial charge >= 0.3 is 0 Å². The number of hydrogen-bond donors (Lipinski definition) is 0. The van der Waals surface area contributed by atoms with Crippen molar-refractivity contribution in [1.82, 2.24) is 0 Å². The Bertz CT molecular complexity index is 1380. The molecule has 0 bridgehead atoms. The highest BCUT2D eigenvalue weighted by molar-refractivity contribution is 7.56. The highest BCUT2D eigenvalue weighted by atomic mass is 31.2. The van der Waals surface area contributed by atoms with E-state index in [1.165, 1.54) is 73.9 Å². The van der Waals surface area contributed by atoms with Crippen LogP contribution in [0.3, 0.4) is 0 Å². The lowest BCUT2D eigenvalue weighted by atomic mass is 9.73. The van der Waals surface area contributed by atoms with Crippen molar-refractivity contribution < 1.29 is 9.05 Å². The molecule has 2 aliphatic carbocycles. The molecular formula is C43H52N2O2P2. The standard InChI is InChI=1S/C43H52N2O2P2/c1-32(46-48-42(34-19-7-3-8-20-34)38-27-15-16-28-39(38)43(48)35-21-9-4-10-22-35)31-33(2)47-49-44(36-23-11-5-12-24-36)40-29-17-18-30-41(40)45(49)37-25-13-6-14-26-37/h3-14,19-26,32-33,38-43H,15-18,27-31H2,1-2H3/t32-,33-,38+,39+,40+,41+,42?,43?,48?/m1/s1. The minimum Gasteiger partial charge on any atom is -0.355 e. The van der Waals surface area contributed by atoms with Gasteiger partial charge in [-0.2, -0.15) is 0 Å². The van der Waals surface area contributed by atoms with Gasteiger partial charge in [0.15, 0.2) is 0 Å². The smallest absolute Gasteiger partial charge is 0.249 e. The molecule has 4 aromatic carbocycles. The van der Waals surface area contributed by atoms with Crippen molar-refractivity contribution >= 4 is 28.0 Å². The number of fused-ring (bicyclic) bond motifs is 2. The lowest BCUT2D eigenvalue weighted by Crippen LogP contribution is -2.40. The molecule has 0 amide bonds. The molecule has 0 aromatic heterocycles. The summed E-state index contributed by atoms with van der Waals surface area (Å²) in [6.07, 6.45) is 11.4. The van der Waals surface area contributed by atoms with Gasteiger partial charge in [0.2, 0.25) is 8.45 Å². The molecule has 256 valence electrons. The Morgan fingerprint density at radius 3 is 1.37 bits per heavy atom. The van der Waals surface area contributed by atoms with Gasteiger partial charge in [-0.1, -0.05) is 123 Å². The Kier molecular flexibility index (Phi) is 10.4. The molecule has 0 spiro atoms. The predicted molar refractivity (Wildman–Crippen MR) is 207 cm³/mol. The molecule has 4 nitrogen and oxygen atoms in total. The highest BCUT2D eigenvalue weighted by Gasteiger charge is 2.54. The van der Waals surface area contributed by atoms with E-state index in [1.807, 2.05) is 0 Å². The van der Waals surface area contributed by atoms with Gasteiger partial charge in [-0.15, -0.1) is 0 Å². The SMILES string of the molecule is C[C@H](C[C@@H](C)OP1N(c2ccccc2)[C@H]2CCCC[C@@H]2N1c1ccccc1)OP1C(c2ccccc2)[C@H]2CCCC[C@@H]2C1c1ccccc1. The van der Waals surface area contributed by atoms with Crippen molar-refractivity contribution in [3.8, 4) is 0 Å². The largest absolute Gasteiger partial charge is 0.355 e. The minimum absolute atomic E-state index is 0.0592. The van der Waals surface area contributed by atoms with E-state index in [0.717, 1.165) is 6.42 Å². The van der Waals surface area contributed by atoms with Crippen LogP contribution >= 0.6 is 16.6 Å². The van der Waals surface area contributed by atoms with E-state index < -0.39 is 16.6 Å². The molecule has 6 heteroatoms. The molecule has 2 heterocycles. The zero-order valence-corrected chi connectivity index (χ0v) is 30.9. The van der Waals surface area contributed by atoms with E-state index in [1.54, 1.807) is 0 Å². The lowest BCUT2D eigenvalue weighted by Gasteiger charge is -2.35. The second kappa shape index (κ2) is 15.2. The molecule has 4 fully saturated rings. The molecule has 2 aliphatic heterocycles. The molecule has 0 radical (unpaired) electrons. The maximum Gasteiger partial charge on any atom is 0.249 e. The fourth-order valence-corrected chi connectivity index (χ4v) is 15.6. The molecule has 49 heavy (non-hydrogen) atoms. The summed E-state index contributed by atoms with van der Waals surface area (Å²) in [5.41, 5.74) is 6.50. The van der Waals surface area contributed by atoms with Crippen LogP contribution in [-0.2, 0) is 9.05 Å². The lowest BCUT2D eigenvalue weighted by molar-refractivity contribution is 0.148. The van der Waals surface area contributed by atoms with Gasteiger partial charge in [-0.3, -0.25) is 0 Å². The Morgan fingerprint density at radius 1 is 0.531 bits per heavy atom. The fourth-order valence-electron chi connectivity index (χ4n) is 9.53. The van der Waals surface area contributed by atoms with E-state index in [2.05, 4.69) is 145 Å². The second-order valence-electron chi connectivity index (χ2n) is 14.8. The minimum atomic E-state index is -1.05. The molecule has 4 aliphatic rings. The van der Waals surface area contributed by atoms with Gasteiger partial charge in [0.1, 0.15) is 0 Å². The first-order valence-electron chi connectivity index (χ1n) is 18.9. The monoisotopic (exact) mass is 690 g/mol. The number of anilines is 2. The number of benzene rings is 4. The number of nitrogens with zero attached hydrogens (tertiary/aromatic N) is 2. The Morgan fingerprint density at radius 2 is 0.918 bits per heavy atom. The Balaban J connectivity index is 1.07. The average molecular weight is 691 g/mol. The van der Waals surface area contributed by atoms with Gasteiger partial charge in [-0.25, -0.2) is 0 Å². The summed E-state index contributed by atoms with van der Waals surface area (Å²) in [4.78, 5) is 0. The summed E-state index contributed by atoms with van der Waals surface area (Å²) < 4.78 is 20.1. The maximum atomic E-state index is 7.45. The average Bonchev–Trinajstić information content (AvgIpc) is 3.64. The number of hydrogen-bond acceptors (Lipinski definition) is 4. The summed E-state index contributed by atoms with van der Waals surface area (Å²) in [6, 6.07) is 45.8. The van der Waals surface area contributed by atoms with Gasteiger partial charge < -0.3 is 18.4 Å². The third-order valence-corrected chi connectivity index (χ3v) is 16.9. The van der Waals surface area contributed by atoms with Gasteiger partial charge in [0, 0.05) is 37.3 Å². The molecule has 2 saturated heterocycles. The second-order valence-corrected chi connectivity index (χ2v) is 18.4. The van der Waals surface area contributed by atoms with E-state index in [-0.39, 0.29) is 12.2 Å². The summed E-state index contributed by atoms with van der Waals surface area (Å²) in [7, 11) is -1.78. The number of rotatable bonds is 10. The van der Waals surface area contributed by atoms with Crippen molar-refractivity contribution in [3.05, 3.63) is 132 Å². The quantitative estimate of drug-likeness (QED) is 0.155. The van der Waals surface area contributed by atoms with Crippen LogP contribution in [-0.4, -0.2) is 24.3 Å². The maximum absolute atomic E-state index is 7.45. The molecule has 2 saturated carbocycles. The molecule has 8 atom stereocenters. The summed E-state index contributed by atoms with van der Waals surface area (Å²) in [6.45, 7) is 4.61. The highest BCUT2D eigenvalue weighted by Crippen LogP contribution is 2.77. The zero-order chi connectivity index (χ0) is 33.2. The molecule has 8 rings (SSSR count). The molecule has 4 aromatic rings. The van der Waals surface area contributed by atoms with E-state index in [4.69, 9.17) is 9.05 Å². The Labute approximate surface area is 297 Å². The third-order valence-electron chi connectivity index (χ3n) is 11.5. The summed E-state index contributed by atoms with van der Waals surface area (Å²) in [5, 5.41) is 0. The first-order valence-corrected chi connectivity index (χ1v) is 21.4. The molecular weight excluding hydrogens is 638 g/mol. The fraction of sp³-hybridized carbons (Fsp3) is 0.442. The van der Waals surface area contributed by atoms with E-state index in [0.29, 0.717) is 35.2 Å². The van der Waals surface area contributed by atoms with Crippen molar-refractivity contribution in [3.63, 3.8) is 0 Å². The first-order chi connectivity index (χ1) is 24.2.